The first kappa shape index (κ1) is 78.8. The third kappa shape index (κ3) is 19.9. The van der Waals surface area contributed by atoms with E-state index < -0.39 is 171 Å². The number of carbonyl (C=O) groups is 10. The molecule has 114 heavy (non-hydrogen) atoms. The molecule has 13 rings (SSSR count). The van der Waals surface area contributed by atoms with Crippen molar-refractivity contribution in [2.75, 3.05) is 19.8 Å². The molecule has 0 saturated carbocycles. The van der Waals surface area contributed by atoms with Crippen LogP contribution in [0.5, 0.6) is 0 Å². The van der Waals surface area contributed by atoms with Gasteiger partial charge < -0.3 is 71.1 Å². The van der Waals surface area contributed by atoms with E-state index in [0.717, 1.165) is 0 Å². The number of ether oxygens (including phenoxy) is 15. The molecule has 3 heterocycles. The summed E-state index contributed by atoms with van der Waals surface area (Å²) in [4.78, 5) is 146. The van der Waals surface area contributed by atoms with Gasteiger partial charge in [-0.05, 0) is 128 Å². The first-order chi connectivity index (χ1) is 55.6. The van der Waals surface area contributed by atoms with Gasteiger partial charge in [-0.2, -0.15) is 0 Å². The number of benzene rings is 10. The van der Waals surface area contributed by atoms with Crippen LogP contribution in [0, 0.1) is 0 Å². The minimum atomic E-state index is -2.08. The van der Waals surface area contributed by atoms with Gasteiger partial charge in [-0.3, -0.25) is 0 Å². The summed E-state index contributed by atoms with van der Waals surface area (Å²) < 4.78 is 97.4. The highest BCUT2D eigenvalue weighted by Crippen LogP contribution is 2.38. The van der Waals surface area contributed by atoms with Crippen molar-refractivity contribution in [3.8, 4) is 0 Å². The maximum atomic E-state index is 15.0. The fraction of sp³-hybridized carbons (Fsp3) is 0.213. The van der Waals surface area contributed by atoms with E-state index in [1.807, 2.05) is 0 Å². The molecule has 15 atom stereocenters. The second-order valence-electron chi connectivity index (χ2n) is 26.2. The standard InChI is InChI=1S/C89H74O25/c1-55-69(106-79(91)57-34-14-3-15-35-57)73(110-83(95)61-42-22-7-23-43-61)70(107-80(92)58-36-16-4-17-37-58)66(103-55)53-101-88-77(114-87(99)65-50-30-11-31-51-65)75(112-85(97)63-46-26-9-27-47-63)72(109-82(94)60-40-20-6-21-41-60)68(105-88)54-102-89-76(113-86(98)64-48-28-10-29-49-64)74(111-84(96)62-44-24-8-25-45-62)71(108-81(93)59-38-18-5-19-39-59)67(104-89)52-100-78(90)56-32-12-2-13-33-56/h2-51,55,66-77,88-89H,52-54H2,1H3/t55?,66-,67-,68-,69+,70-,71-,72-,73-,74+,75+,76-,77-,88-,89-/m1/s1. The molecule has 3 aliphatic heterocycles. The molecule has 1 unspecified atom stereocenters. The number of hydrogen-bond acceptors (Lipinski definition) is 25. The van der Waals surface area contributed by atoms with Crippen molar-refractivity contribution in [3.05, 3.63) is 359 Å². The summed E-state index contributed by atoms with van der Waals surface area (Å²) in [5.41, 5.74) is 0.0487. The Morgan fingerprint density at radius 1 is 0.211 bits per heavy atom. The van der Waals surface area contributed by atoms with Crippen LogP contribution in [0.25, 0.3) is 0 Å². The molecule has 0 amide bonds. The van der Waals surface area contributed by atoms with Crippen LogP contribution in [0.4, 0.5) is 0 Å². The van der Waals surface area contributed by atoms with Crippen LogP contribution in [-0.2, 0) is 71.1 Å². The van der Waals surface area contributed by atoms with E-state index >= 15 is 4.79 Å². The van der Waals surface area contributed by atoms with Crippen molar-refractivity contribution in [1.82, 2.24) is 0 Å². The molecule has 0 aromatic heterocycles. The summed E-state index contributed by atoms with van der Waals surface area (Å²) in [5, 5.41) is 0. The maximum Gasteiger partial charge on any atom is 0.338 e. The second kappa shape index (κ2) is 38.1. The monoisotopic (exact) mass is 1540 g/mol. The molecule has 25 heteroatoms. The zero-order valence-electron chi connectivity index (χ0n) is 60.9. The zero-order chi connectivity index (χ0) is 79.3. The van der Waals surface area contributed by atoms with Crippen molar-refractivity contribution in [3.63, 3.8) is 0 Å². The maximum absolute atomic E-state index is 15.0. The normalized spacial score (nSPS) is 22.9. The quantitative estimate of drug-likeness (QED) is 0.0341. The highest BCUT2D eigenvalue weighted by atomic mass is 16.8. The van der Waals surface area contributed by atoms with E-state index in [9.17, 15) is 43.2 Å². The smallest absolute Gasteiger partial charge is 0.338 e. The predicted molar refractivity (Wildman–Crippen MR) is 401 cm³/mol. The average molecular weight is 1540 g/mol. The van der Waals surface area contributed by atoms with Gasteiger partial charge in [-0.1, -0.05) is 182 Å². The van der Waals surface area contributed by atoms with Crippen molar-refractivity contribution < 1.29 is 119 Å². The molecular weight excluding hydrogens is 1470 g/mol. The molecule has 0 radical (unpaired) electrons. The fourth-order valence-electron chi connectivity index (χ4n) is 12.9. The lowest BCUT2D eigenvalue weighted by Crippen LogP contribution is -2.65. The van der Waals surface area contributed by atoms with E-state index in [0.29, 0.717) is 0 Å². The number of hydrogen-bond donors (Lipinski definition) is 0. The molecule has 0 N–H and O–H groups in total. The van der Waals surface area contributed by atoms with Crippen LogP contribution in [0.3, 0.4) is 0 Å². The Morgan fingerprint density at radius 3 is 0.623 bits per heavy atom. The van der Waals surface area contributed by atoms with Gasteiger partial charge in [-0.15, -0.1) is 0 Å². The molecule has 0 bridgehead atoms. The van der Waals surface area contributed by atoms with Crippen molar-refractivity contribution in [2.45, 2.75) is 98.9 Å². The van der Waals surface area contributed by atoms with Gasteiger partial charge in [0.25, 0.3) is 0 Å². The van der Waals surface area contributed by atoms with Crippen LogP contribution in [0.15, 0.2) is 303 Å². The largest absolute Gasteiger partial charge is 0.459 e. The molecule has 580 valence electrons. The molecule has 3 saturated heterocycles. The molecule has 0 aliphatic carbocycles. The molecular formula is C89H74O25. The first-order valence-corrected chi connectivity index (χ1v) is 36.4. The number of carbonyl (C=O) groups excluding carboxylic acids is 10. The Balaban J connectivity index is 0.937. The van der Waals surface area contributed by atoms with E-state index in [2.05, 4.69) is 0 Å². The molecule has 10 aromatic carbocycles. The second-order valence-corrected chi connectivity index (χ2v) is 26.2. The van der Waals surface area contributed by atoms with Gasteiger partial charge >= 0.3 is 59.7 Å². The Bertz CT molecular complexity index is 4900. The Morgan fingerprint density at radius 2 is 0.386 bits per heavy atom. The van der Waals surface area contributed by atoms with E-state index in [1.165, 1.54) is 128 Å². The summed E-state index contributed by atoms with van der Waals surface area (Å²) in [5.74, 6) is -9.96. The van der Waals surface area contributed by atoms with Crippen LogP contribution < -0.4 is 0 Å². The molecule has 25 nitrogen and oxygen atoms in total. The molecule has 3 aliphatic rings. The summed E-state index contributed by atoms with van der Waals surface area (Å²) in [6.45, 7) is -1.05. The van der Waals surface area contributed by atoms with E-state index in [1.54, 1.807) is 182 Å². The summed E-state index contributed by atoms with van der Waals surface area (Å²) >= 11 is 0. The molecule has 3 fully saturated rings. The lowest BCUT2D eigenvalue weighted by Gasteiger charge is -2.47. The van der Waals surface area contributed by atoms with Gasteiger partial charge in [0, 0.05) is 0 Å². The van der Waals surface area contributed by atoms with E-state index in [4.69, 9.17) is 71.1 Å². The van der Waals surface area contributed by atoms with Gasteiger partial charge in [0.1, 0.15) is 24.9 Å². The van der Waals surface area contributed by atoms with Crippen LogP contribution in [0.1, 0.15) is 111 Å². The van der Waals surface area contributed by atoms with Gasteiger partial charge in [0.2, 0.25) is 0 Å². The predicted octanol–water partition coefficient (Wildman–Crippen LogP) is 12.1. The summed E-state index contributed by atoms with van der Waals surface area (Å²) in [7, 11) is 0. The minimum Gasteiger partial charge on any atom is -0.459 e. The summed E-state index contributed by atoms with van der Waals surface area (Å²) in [6.07, 6.45) is -27.6. The first-order valence-electron chi connectivity index (χ1n) is 36.4. The minimum absolute atomic E-state index is 0.00702. The van der Waals surface area contributed by atoms with Gasteiger partial charge in [-0.25, -0.2) is 47.9 Å². The Kier molecular flexibility index (Phi) is 26.3. The average Bonchev–Trinajstić information content (AvgIpc) is 0.773. The highest BCUT2D eigenvalue weighted by molar-refractivity contribution is 5.95. The third-order valence-electron chi connectivity index (χ3n) is 18.6. The SMILES string of the molecule is CC1O[C@H](CO[C@@H]2O[C@H](CO[C@@H]3O[C@H](COC(=O)c4ccccc4)[C@@H](OC(=O)c4ccccc4)[C@H](OC(=O)c4ccccc4)[C@H]3OC(=O)c3ccccc3)[C@@H](OC(=O)c3ccccc3)[C@H](OC(=O)c3ccccc3)[C@H]2OC(=O)c2ccccc2)[C@@H](OC(=O)c2ccccc2)[C@H](OC(=O)c2ccccc2)[C@H]1OC(=O)c1ccccc1. The lowest BCUT2D eigenvalue weighted by molar-refractivity contribution is -0.332. The zero-order valence-corrected chi connectivity index (χ0v) is 60.9. The van der Waals surface area contributed by atoms with Crippen molar-refractivity contribution in [1.29, 1.82) is 0 Å². The van der Waals surface area contributed by atoms with E-state index in [-0.39, 0.29) is 55.6 Å². The molecule has 10 aromatic rings. The topological polar surface area (TPSA) is 309 Å². The van der Waals surface area contributed by atoms with Crippen LogP contribution >= 0.6 is 0 Å². The Hall–Kier alpha value is -13.3. The van der Waals surface area contributed by atoms with Crippen molar-refractivity contribution >= 4 is 59.7 Å². The lowest BCUT2D eigenvalue weighted by atomic mass is 9.94. The Labute approximate surface area is 653 Å². The van der Waals surface area contributed by atoms with Gasteiger partial charge in [0.05, 0.1) is 75.0 Å². The number of rotatable bonds is 27. The van der Waals surface area contributed by atoms with Crippen LogP contribution in [0.2, 0.25) is 0 Å². The number of esters is 10. The van der Waals surface area contributed by atoms with Crippen LogP contribution in [-0.4, -0.2) is 171 Å². The highest BCUT2D eigenvalue weighted by Gasteiger charge is 2.58. The van der Waals surface area contributed by atoms with Gasteiger partial charge in [0.15, 0.2) is 67.5 Å². The van der Waals surface area contributed by atoms with Crippen molar-refractivity contribution in [2.24, 2.45) is 0 Å². The third-order valence-corrected chi connectivity index (χ3v) is 18.6. The fourth-order valence-corrected chi connectivity index (χ4v) is 12.9. The summed E-state index contributed by atoms with van der Waals surface area (Å²) in [6, 6.07) is 77.0. The molecule has 0 spiro atoms.